The number of hydrogen-bond donors (Lipinski definition) is 2. The molecule has 2 aliphatic rings. The quantitative estimate of drug-likeness (QED) is 0.568. The molecule has 0 aromatic carbocycles. The number of nitrogens with one attached hydrogen (secondary N) is 2. The molecule has 0 saturated carbocycles. The molecule has 2 aliphatic heterocycles. The first-order chi connectivity index (χ1) is 9.31. The second-order valence-corrected chi connectivity index (χ2v) is 5.52. The first-order valence-electron chi connectivity index (χ1n) is 7.60. The third-order valence-electron chi connectivity index (χ3n) is 4.12. The summed E-state index contributed by atoms with van der Waals surface area (Å²) in [6.45, 7) is 8.65. The van der Waals surface area contributed by atoms with Crippen molar-refractivity contribution in [2.45, 2.75) is 32.3 Å². The van der Waals surface area contributed by atoms with Crippen LogP contribution in [-0.2, 0) is 4.74 Å². The van der Waals surface area contributed by atoms with Gasteiger partial charge < -0.3 is 20.3 Å². The number of aliphatic imine (C=N–C) groups is 1. The molecule has 0 radical (unpaired) electrons. The predicted octanol–water partition coefficient (Wildman–Crippen LogP) is 0.672. The SMILES string of the molecule is CCN1CCC(CNC(=NC)NCC2CCCO2)C1. The van der Waals surface area contributed by atoms with Crippen LogP contribution in [0.15, 0.2) is 4.99 Å². The third kappa shape index (κ3) is 4.66. The smallest absolute Gasteiger partial charge is 0.191 e. The lowest BCUT2D eigenvalue weighted by Crippen LogP contribution is -2.43. The van der Waals surface area contributed by atoms with Crippen LogP contribution in [0.4, 0.5) is 0 Å². The van der Waals surface area contributed by atoms with Gasteiger partial charge in [-0.05, 0) is 38.3 Å². The second-order valence-electron chi connectivity index (χ2n) is 5.52. The van der Waals surface area contributed by atoms with Gasteiger partial charge in [-0.1, -0.05) is 6.92 Å². The summed E-state index contributed by atoms with van der Waals surface area (Å²) in [7, 11) is 1.83. The van der Waals surface area contributed by atoms with Crippen LogP contribution >= 0.6 is 0 Å². The maximum atomic E-state index is 5.60. The van der Waals surface area contributed by atoms with Crippen molar-refractivity contribution in [3.8, 4) is 0 Å². The first kappa shape index (κ1) is 14.6. The Hall–Kier alpha value is -0.810. The van der Waals surface area contributed by atoms with E-state index in [0.717, 1.165) is 38.0 Å². The molecule has 0 aliphatic carbocycles. The highest BCUT2D eigenvalue weighted by Gasteiger charge is 2.21. The molecule has 5 nitrogen and oxygen atoms in total. The highest BCUT2D eigenvalue weighted by atomic mass is 16.5. The van der Waals surface area contributed by atoms with Crippen molar-refractivity contribution >= 4 is 5.96 Å². The van der Waals surface area contributed by atoms with Gasteiger partial charge in [-0.25, -0.2) is 0 Å². The van der Waals surface area contributed by atoms with Crippen LogP contribution in [0, 0.1) is 5.92 Å². The van der Waals surface area contributed by atoms with Crippen molar-refractivity contribution in [1.82, 2.24) is 15.5 Å². The molecule has 0 aromatic rings. The zero-order valence-electron chi connectivity index (χ0n) is 12.3. The molecule has 19 heavy (non-hydrogen) atoms. The van der Waals surface area contributed by atoms with Crippen LogP contribution in [0.2, 0.25) is 0 Å². The number of nitrogens with zero attached hydrogens (tertiary/aromatic N) is 2. The number of ether oxygens (including phenoxy) is 1. The summed E-state index contributed by atoms with van der Waals surface area (Å²) in [6.07, 6.45) is 4.01. The molecule has 2 unspecified atom stereocenters. The Morgan fingerprint density at radius 3 is 2.79 bits per heavy atom. The zero-order chi connectivity index (χ0) is 13.5. The Morgan fingerprint density at radius 1 is 1.32 bits per heavy atom. The molecule has 5 heteroatoms. The molecule has 0 aromatic heterocycles. The average molecular weight is 268 g/mol. The van der Waals surface area contributed by atoms with Gasteiger partial charge in [0.1, 0.15) is 0 Å². The summed E-state index contributed by atoms with van der Waals surface area (Å²) < 4.78 is 5.60. The van der Waals surface area contributed by atoms with Gasteiger partial charge in [0.15, 0.2) is 5.96 Å². The topological polar surface area (TPSA) is 48.9 Å². The highest BCUT2D eigenvalue weighted by Crippen LogP contribution is 2.14. The minimum absolute atomic E-state index is 0.362. The normalized spacial score (nSPS) is 28.8. The molecule has 0 bridgehead atoms. The number of likely N-dealkylation sites (tertiary alicyclic amines) is 1. The van der Waals surface area contributed by atoms with Gasteiger partial charge in [0.05, 0.1) is 6.10 Å². The van der Waals surface area contributed by atoms with E-state index in [-0.39, 0.29) is 0 Å². The summed E-state index contributed by atoms with van der Waals surface area (Å²) in [5, 5.41) is 6.80. The van der Waals surface area contributed by atoms with Gasteiger partial charge in [-0.15, -0.1) is 0 Å². The summed E-state index contributed by atoms with van der Waals surface area (Å²) in [6, 6.07) is 0. The third-order valence-corrected chi connectivity index (χ3v) is 4.12. The predicted molar refractivity (Wildman–Crippen MR) is 78.6 cm³/mol. The molecule has 0 spiro atoms. The lowest BCUT2D eigenvalue weighted by atomic mass is 10.1. The van der Waals surface area contributed by atoms with Crippen LogP contribution in [0.25, 0.3) is 0 Å². The summed E-state index contributed by atoms with van der Waals surface area (Å²) in [5.74, 6) is 1.66. The van der Waals surface area contributed by atoms with Gasteiger partial charge >= 0.3 is 0 Å². The molecule has 2 fully saturated rings. The molecule has 0 amide bonds. The fraction of sp³-hybridized carbons (Fsp3) is 0.929. The second kappa shape index (κ2) is 7.70. The van der Waals surface area contributed by atoms with Crippen molar-refractivity contribution in [3.63, 3.8) is 0 Å². The number of hydrogen-bond acceptors (Lipinski definition) is 3. The largest absolute Gasteiger partial charge is 0.376 e. The molecular formula is C14H28N4O. The molecule has 2 heterocycles. The lowest BCUT2D eigenvalue weighted by molar-refractivity contribution is 0.114. The van der Waals surface area contributed by atoms with Crippen molar-refractivity contribution in [3.05, 3.63) is 0 Å². The van der Waals surface area contributed by atoms with Gasteiger partial charge in [-0.2, -0.15) is 0 Å². The van der Waals surface area contributed by atoms with Crippen molar-refractivity contribution < 1.29 is 4.74 Å². The van der Waals surface area contributed by atoms with E-state index in [4.69, 9.17) is 4.74 Å². The fourth-order valence-corrected chi connectivity index (χ4v) is 2.84. The molecule has 2 atom stereocenters. The highest BCUT2D eigenvalue weighted by molar-refractivity contribution is 5.79. The minimum Gasteiger partial charge on any atom is -0.376 e. The van der Waals surface area contributed by atoms with E-state index in [0.29, 0.717) is 6.10 Å². The van der Waals surface area contributed by atoms with Crippen LogP contribution < -0.4 is 10.6 Å². The first-order valence-corrected chi connectivity index (χ1v) is 7.60. The molecule has 2 saturated heterocycles. The van der Waals surface area contributed by atoms with E-state index < -0.39 is 0 Å². The summed E-state index contributed by atoms with van der Waals surface area (Å²) >= 11 is 0. The van der Waals surface area contributed by atoms with Gasteiger partial charge in [-0.3, -0.25) is 4.99 Å². The Morgan fingerprint density at radius 2 is 2.16 bits per heavy atom. The van der Waals surface area contributed by atoms with Gasteiger partial charge in [0.25, 0.3) is 0 Å². The molecular weight excluding hydrogens is 240 g/mol. The van der Waals surface area contributed by atoms with Gasteiger partial charge in [0.2, 0.25) is 0 Å². The Balaban J connectivity index is 1.62. The molecule has 110 valence electrons. The van der Waals surface area contributed by atoms with E-state index in [1.807, 2.05) is 7.05 Å². The molecule has 2 rings (SSSR count). The van der Waals surface area contributed by atoms with Crippen LogP contribution in [0.1, 0.15) is 26.2 Å². The Bertz CT molecular complexity index is 289. The lowest BCUT2D eigenvalue weighted by Gasteiger charge is -2.17. The number of guanidine groups is 1. The van der Waals surface area contributed by atoms with E-state index >= 15 is 0 Å². The van der Waals surface area contributed by atoms with Gasteiger partial charge in [0, 0.05) is 33.3 Å². The van der Waals surface area contributed by atoms with E-state index in [1.165, 1.54) is 32.5 Å². The molecule has 2 N–H and O–H groups in total. The van der Waals surface area contributed by atoms with Crippen molar-refractivity contribution in [1.29, 1.82) is 0 Å². The average Bonchev–Trinajstić information content (AvgIpc) is 3.10. The van der Waals surface area contributed by atoms with Crippen LogP contribution in [0.5, 0.6) is 0 Å². The zero-order valence-corrected chi connectivity index (χ0v) is 12.3. The number of rotatable bonds is 5. The van der Waals surface area contributed by atoms with E-state index in [2.05, 4.69) is 27.4 Å². The summed E-state index contributed by atoms with van der Waals surface area (Å²) in [4.78, 5) is 6.78. The van der Waals surface area contributed by atoms with E-state index in [9.17, 15) is 0 Å². The monoisotopic (exact) mass is 268 g/mol. The Kier molecular flexibility index (Phi) is 5.92. The van der Waals surface area contributed by atoms with Crippen LogP contribution in [0.3, 0.4) is 0 Å². The maximum Gasteiger partial charge on any atom is 0.191 e. The van der Waals surface area contributed by atoms with Crippen molar-refractivity contribution in [2.24, 2.45) is 10.9 Å². The van der Waals surface area contributed by atoms with Crippen molar-refractivity contribution in [2.75, 3.05) is 46.4 Å². The maximum absolute atomic E-state index is 5.60. The fourth-order valence-electron chi connectivity index (χ4n) is 2.84. The van der Waals surface area contributed by atoms with E-state index in [1.54, 1.807) is 0 Å². The summed E-state index contributed by atoms with van der Waals surface area (Å²) in [5.41, 5.74) is 0. The minimum atomic E-state index is 0.362. The standard InChI is InChI=1S/C14H28N4O/c1-3-18-7-6-12(11-18)9-16-14(15-2)17-10-13-5-4-8-19-13/h12-13H,3-11H2,1-2H3,(H2,15,16,17). The van der Waals surface area contributed by atoms with Crippen LogP contribution in [-0.4, -0.2) is 63.3 Å². The Labute approximate surface area is 116 Å².